The average Bonchev–Trinajstić information content (AvgIpc) is 3.38. The van der Waals surface area contributed by atoms with Crippen LogP contribution in [-0.2, 0) is 13.0 Å². The average molecular weight is 347 g/mol. The molecule has 25 heavy (non-hydrogen) atoms. The number of benzene rings is 1. The molecule has 0 fully saturated rings. The number of fused-ring (bicyclic) bond motifs is 3. The molecule has 4 heterocycles. The summed E-state index contributed by atoms with van der Waals surface area (Å²) in [7, 11) is 0. The Morgan fingerprint density at radius 1 is 1.08 bits per heavy atom. The van der Waals surface area contributed by atoms with Gasteiger partial charge in [-0.15, -0.1) is 11.3 Å². The molecule has 4 aromatic rings. The van der Waals surface area contributed by atoms with Crippen LogP contribution in [0.25, 0.3) is 16.6 Å². The van der Waals surface area contributed by atoms with Crippen molar-refractivity contribution in [2.24, 2.45) is 0 Å². The van der Waals surface area contributed by atoms with E-state index in [0.717, 1.165) is 29.0 Å². The van der Waals surface area contributed by atoms with Crippen LogP contribution in [0.4, 0.5) is 0 Å². The number of hydrogen-bond acceptors (Lipinski definition) is 2. The van der Waals surface area contributed by atoms with Crippen molar-refractivity contribution < 1.29 is 4.79 Å². The first kappa shape index (κ1) is 14.5. The van der Waals surface area contributed by atoms with Gasteiger partial charge in [-0.05, 0) is 29.6 Å². The number of hydrogen-bond donors (Lipinski definition) is 1. The summed E-state index contributed by atoms with van der Waals surface area (Å²) in [6, 6.07) is 14.3. The molecule has 3 aromatic heterocycles. The van der Waals surface area contributed by atoms with E-state index < -0.39 is 0 Å². The first-order valence-corrected chi connectivity index (χ1v) is 9.28. The normalized spacial score (nSPS) is 14.0. The Morgan fingerprint density at radius 2 is 1.92 bits per heavy atom. The zero-order valence-corrected chi connectivity index (χ0v) is 14.4. The van der Waals surface area contributed by atoms with Crippen LogP contribution in [-0.4, -0.2) is 26.9 Å². The summed E-state index contributed by atoms with van der Waals surface area (Å²) < 4.78 is 2.00. The third kappa shape index (κ3) is 2.31. The van der Waals surface area contributed by atoms with Crippen molar-refractivity contribution in [3.63, 3.8) is 0 Å². The van der Waals surface area contributed by atoms with Gasteiger partial charge in [0.25, 0.3) is 5.91 Å². The molecule has 5 rings (SSSR count). The third-order valence-corrected chi connectivity index (χ3v) is 5.78. The highest BCUT2D eigenvalue weighted by Crippen LogP contribution is 2.30. The van der Waals surface area contributed by atoms with Crippen LogP contribution in [0.2, 0.25) is 0 Å². The quantitative estimate of drug-likeness (QED) is 0.579. The molecule has 1 aliphatic heterocycles. The van der Waals surface area contributed by atoms with E-state index in [9.17, 15) is 4.79 Å². The minimum absolute atomic E-state index is 0.120. The van der Waals surface area contributed by atoms with Crippen LogP contribution in [0.5, 0.6) is 0 Å². The second kappa shape index (κ2) is 5.63. The molecule has 0 saturated carbocycles. The summed E-state index contributed by atoms with van der Waals surface area (Å²) in [5.41, 5.74) is 4.65. The van der Waals surface area contributed by atoms with Crippen molar-refractivity contribution in [2.75, 3.05) is 6.54 Å². The Morgan fingerprint density at radius 3 is 2.80 bits per heavy atom. The van der Waals surface area contributed by atoms with Crippen LogP contribution in [0.1, 0.15) is 20.9 Å². The summed E-state index contributed by atoms with van der Waals surface area (Å²) in [5.74, 6) is 0.120. The smallest absolute Gasteiger partial charge is 0.266 e. The van der Waals surface area contributed by atoms with E-state index >= 15 is 0 Å². The van der Waals surface area contributed by atoms with Crippen molar-refractivity contribution in [3.8, 4) is 5.69 Å². The summed E-state index contributed by atoms with van der Waals surface area (Å²) in [5, 5.41) is 3.22. The summed E-state index contributed by atoms with van der Waals surface area (Å²) >= 11 is 1.52. The lowest BCUT2D eigenvalue weighted by Crippen LogP contribution is -2.35. The second-order valence-electron chi connectivity index (χ2n) is 6.33. The van der Waals surface area contributed by atoms with Gasteiger partial charge in [-0.2, -0.15) is 0 Å². The van der Waals surface area contributed by atoms with Gasteiger partial charge in [-0.25, -0.2) is 0 Å². The maximum Gasteiger partial charge on any atom is 0.266 e. The molecule has 0 saturated heterocycles. The van der Waals surface area contributed by atoms with E-state index in [2.05, 4.69) is 23.2 Å². The zero-order chi connectivity index (χ0) is 16.8. The SMILES string of the molecule is O=C(c1sccc1-n1cccc1)N1CCc2[nH]c3ccccc3c2C1. The molecular formula is C20H17N3OS. The fourth-order valence-corrected chi connectivity index (χ4v) is 4.50. The van der Waals surface area contributed by atoms with E-state index in [1.807, 2.05) is 51.5 Å². The lowest BCUT2D eigenvalue weighted by atomic mass is 10.0. The van der Waals surface area contributed by atoms with E-state index in [0.29, 0.717) is 6.54 Å². The number of H-pyrrole nitrogens is 1. The molecule has 1 N–H and O–H groups in total. The van der Waals surface area contributed by atoms with Crippen LogP contribution in [0.15, 0.2) is 60.2 Å². The minimum atomic E-state index is 0.120. The van der Waals surface area contributed by atoms with Crippen LogP contribution >= 0.6 is 11.3 Å². The number of rotatable bonds is 2. The molecule has 0 aliphatic carbocycles. The van der Waals surface area contributed by atoms with Gasteiger partial charge in [0.15, 0.2) is 0 Å². The van der Waals surface area contributed by atoms with Gasteiger partial charge in [-0.1, -0.05) is 18.2 Å². The Kier molecular flexibility index (Phi) is 3.28. The number of carbonyl (C=O) groups is 1. The van der Waals surface area contributed by atoms with Crippen molar-refractivity contribution in [3.05, 3.63) is 76.4 Å². The molecule has 0 radical (unpaired) electrons. The fraction of sp³-hybridized carbons (Fsp3) is 0.150. The summed E-state index contributed by atoms with van der Waals surface area (Å²) in [6.45, 7) is 1.42. The van der Waals surface area contributed by atoms with Gasteiger partial charge < -0.3 is 14.5 Å². The number of carbonyl (C=O) groups excluding carboxylic acids is 1. The number of nitrogens with one attached hydrogen (secondary N) is 1. The molecule has 124 valence electrons. The standard InChI is InChI=1S/C20H17N3OS/c24-20(19-18(8-12-25-19)22-9-3-4-10-22)23-11-7-17-15(13-23)14-5-1-2-6-16(14)21-17/h1-6,8-10,12,21H,7,11,13H2. The number of amides is 1. The third-order valence-electron chi connectivity index (χ3n) is 4.89. The Hall–Kier alpha value is -2.79. The molecule has 1 amide bonds. The number of thiophene rings is 1. The van der Waals surface area contributed by atoms with E-state index in [1.54, 1.807) is 0 Å². The molecule has 4 nitrogen and oxygen atoms in total. The molecular weight excluding hydrogens is 330 g/mol. The Bertz CT molecular complexity index is 1060. The molecule has 0 atom stereocenters. The van der Waals surface area contributed by atoms with Gasteiger partial charge in [0, 0.05) is 54.1 Å². The maximum atomic E-state index is 13.2. The monoisotopic (exact) mass is 347 g/mol. The molecule has 0 spiro atoms. The maximum absolute atomic E-state index is 13.2. The fourth-order valence-electron chi connectivity index (χ4n) is 3.64. The van der Waals surface area contributed by atoms with E-state index in [-0.39, 0.29) is 5.91 Å². The van der Waals surface area contributed by atoms with Gasteiger partial charge in [0.05, 0.1) is 5.69 Å². The molecule has 0 bridgehead atoms. The van der Waals surface area contributed by atoms with E-state index in [4.69, 9.17) is 0 Å². The van der Waals surface area contributed by atoms with Gasteiger partial charge in [-0.3, -0.25) is 4.79 Å². The van der Waals surface area contributed by atoms with Crippen molar-refractivity contribution in [1.29, 1.82) is 0 Å². The molecule has 1 aliphatic rings. The summed E-state index contributed by atoms with van der Waals surface area (Å²) in [4.78, 5) is 19.4. The number of nitrogens with zero attached hydrogens (tertiary/aromatic N) is 2. The largest absolute Gasteiger partial charge is 0.358 e. The number of para-hydroxylation sites is 1. The van der Waals surface area contributed by atoms with Crippen molar-refractivity contribution in [2.45, 2.75) is 13.0 Å². The topological polar surface area (TPSA) is 41.0 Å². The molecule has 0 unspecified atom stereocenters. The van der Waals surface area contributed by atoms with Crippen molar-refractivity contribution in [1.82, 2.24) is 14.5 Å². The summed E-state index contributed by atoms with van der Waals surface area (Å²) in [6.07, 6.45) is 4.83. The van der Waals surface area contributed by atoms with Gasteiger partial charge >= 0.3 is 0 Å². The lowest BCUT2D eigenvalue weighted by Gasteiger charge is -2.27. The lowest BCUT2D eigenvalue weighted by molar-refractivity contribution is 0.0740. The highest BCUT2D eigenvalue weighted by Gasteiger charge is 2.27. The first-order chi connectivity index (χ1) is 12.3. The van der Waals surface area contributed by atoms with Crippen LogP contribution < -0.4 is 0 Å². The van der Waals surface area contributed by atoms with Crippen molar-refractivity contribution >= 4 is 28.1 Å². The van der Waals surface area contributed by atoms with Crippen LogP contribution in [0.3, 0.4) is 0 Å². The zero-order valence-electron chi connectivity index (χ0n) is 13.6. The van der Waals surface area contributed by atoms with Gasteiger partial charge in [0.1, 0.15) is 4.88 Å². The van der Waals surface area contributed by atoms with Crippen LogP contribution in [0, 0.1) is 0 Å². The number of aromatic amines is 1. The highest BCUT2D eigenvalue weighted by molar-refractivity contribution is 7.12. The predicted octanol–water partition coefficient (Wildman–Crippen LogP) is 4.22. The number of aromatic nitrogens is 2. The van der Waals surface area contributed by atoms with Gasteiger partial charge in [0.2, 0.25) is 0 Å². The Balaban J connectivity index is 1.49. The highest BCUT2D eigenvalue weighted by atomic mass is 32.1. The molecule has 5 heteroatoms. The predicted molar refractivity (Wildman–Crippen MR) is 100 cm³/mol. The first-order valence-electron chi connectivity index (χ1n) is 8.40. The molecule has 1 aromatic carbocycles. The van der Waals surface area contributed by atoms with E-state index in [1.165, 1.54) is 28.0 Å². The Labute approximate surface area is 149 Å². The minimum Gasteiger partial charge on any atom is -0.358 e. The second-order valence-corrected chi connectivity index (χ2v) is 7.25.